The van der Waals surface area contributed by atoms with E-state index < -0.39 is 21.1 Å². The maximum atomic E-state index is 11.7. The van der Waals surface area contributed by atoms with Crippen molar-refractivity contribution in [1.82, 2.24) is 0 Å². The smallest absolute Gasteiger partial charge is 0.338 e. The molecule has 19 heavy (non-hydrogen) atoms. The minimum Gasteiger partial charge on any atom is -0.461 e. The average molecular weight is 285 g/mol. The first-order valence-electron chi connectivity index (χ1n) is 5.98. The molecule has 0 radical (unpaired) electrons. The Kier molecular flexibility index (Phi) is 4.94. The third kappa shape index (κ3) is 4.55. The quantitative estimate of drug-likeness (QED) is 0.655. The molecule has 0 bridgehead atoms. The summed E-state index contributed by atoms with van der Waals surface area (Å²) in [6.45, 7) is 4.86. The molecule has 0 amide bonds. The van der Waals surface area contributed by atoms with E-state index in [-0.39, 0.29) is 12.4 Å². The van der Waals surface area contributed by atoms with Crippen LogP contribution in [0.3, 0.4) is 0 Å². The van der Waals surface area contributed by atoms with Crippen LogP contribution in [0.5, 0.6) is 0 Å². The van der Waals surface area contributed by atoms with Gasteiger partial charge in [0.2, 0.25) is 0 Å². The van der Waals surface area contributed by atoms with E-state index in [0.717, 1.165) is 5.56 Å². The summed E-state index contributed by atoms with van der Waals surface area (Å²) < 4.78 is 28.0. The number of sulfone groups is 1. The average Bonchev–Trinajstić information content (AvgIpc) is 2.27. The molecule has 0 aliphatic heterocycles. The van der Waals surface area contributed by atoms with Crippen LogP contribution >= 0.6 is 0 Å². The molecule has 1 rings (SSSR count). The zero-order valence-corrected chi connectivity index (χ0v) is 12.2. The fourth-order valence-electron chi connectivity index (χ4n) is 1.50. The summed E-state index contributed by atoms with van der Waals surface area (Å²) in [5.74, 6) is -0.730. The van der Waals surface area contributed by atoms with Gasteiger partial charge in [-0.15, -0.1) is 0 Å². The minimum absolute atomic E-state index is 0.146. The number of ether oxygens (including phenoxy) is 1. The number of hydrogen-bond acceptors (Lipinski definition) is 5. The summed E-state index contributed by atoms with van der Waals surface area (Å²) in [4.78, 5) is 11.7. The minimum atomic E-state index is -3.19. The van der Waals surface area contributed by atoms with Crippen molar-refractivity contribution >= 4 is 21.5 Å². The van der Waals surface area contributed by atoms with Crippen molar-refractivity contribution in [3.63, 3.8) is 0 Å². The van der Waals surface area contributed by atoms with Crippen LogP contribution in [0.15, 0.2) is 18.2 Å². The predicted octanol–water partition coefficient (Wildman–Crippen LogP) is 1.56. The molecule has 2 N–H and O–H groups in total. The van der Waals surface area contributed by atoms with Crippen LogP contribution in [0.4, 0.5) is 5.69 Å². The molecule has 0 aliphatic rings. The molecule has 5 nitrogen and oxygen atoms in total. The second-order valence-corrected chi connectivity index (χ2v) is 7.36. The number of nitrogens with two attached hydrogens (primary N) is 1. The van der Waals surface area contributed by atoms with Gasteiger partial charge in [0.25, 0.3) is 0 Å². The Bertz CT molecular complexity index is 544. The number of carbonyl (C=O) groups excluding carboxylic acids is 1. The Balaban J connectivity index is 2.62. The summed E-state index contributed by atoms with van der Waals surface area (Å²) in [5.41, 5.74) is 7.29. The summed E-state index contributed by atoms with van der Waals surface area (Å²) in [6.07, 6.45) is 0. The van der Waals surface area contributed by atoms with Crippen LogP contribution in [0, 0.1) is 6.92 Å². The van der Waals surface area contributed by atoms with Crippen LogP contribution in [0.1, 0.15) is 29.8 Å². The Morgan fingerprint density at radius 3 is 2.47 bits per heavy atom. The Morgan fingerprint density at radius 1 is 1.32 bits per heavy atom. The fraction of sp³-hybridized carbons (Fsp3) is 0.462. The van der Waals surface area contributed by atoms with Gasteiger partial charge in [-0.1, -0.05) is 0 Å². The predicted molar refractivity (Wildman–Crippen MR) is 74.8 cm³/mol. The van der Waals surface area contributed by atoms with Crippen molar-refractivity contribution in [1.29, 1.82) is 0 Å². The number of aryl methyl sites for hydroxylation is 1. The van der Waals surface area contributed by atoms with Crippen LogP contribution < -0.4 is 5.73 Å². The first-order valence-corrected chi connectivity index (χ1v) is 7.70. The highest BCUT2D eigenvalue weighted by Gasteiger charge is 2.17. The molecule has 0 spiro atoms. The van der Waals surface area contributed by atoms with Crippen LogP contribution in [-0.2, 0) is 14.6 Å². The molecule has 0 saturated carbocycles. The van der Waals surface area contributed by atoms with Crippen molar-refractivity contribution in [2.24, 2.45) is 0 Å². The maximum Gasteiger partial charge on any atom is 0.338 e. The van der Waals surface area contributed by atoms with E-state index in [0.29, 0.717) is 11.3 Å². The number of rotatable bonds is 5. The van der Waals surface area contributed by atoms with Crippen molar-refractivity contribution in [2.45, 2.75) is 26.0 Å². The Morgan fingerprint density at radius 2 is 1.95 bits per heavy atom. The lowest BCUT2D eigenvalue weighted by molar-refractivity contribution is 0.0529. The highest BCUT2D eigenvalue weighted by Crippen LogP contribution is 2.12. The number of benzene rings is 1. The standard InChI is InChI=1S/C13H19NO4S/c1-9(2)19(16,17)5-4-18-13(15)11-6-10(3)7-12(14)8-11/h6-9H,4-5,14H2,1-3H3. The third-order valence-corrected chi connectivity index (χ3v) is 4.83. The molecular formula is C13H19NO4S. The van der Waals surface area contributed by atoms with E-state index >= 15 is 0 Å². The first-order chi connectivity index (χ1) is 8.72. The number of hydrogen-bond donors (Lipinski definition) is 1. The zero-order valence-electron chi connectivity index (χ0n) is 11.3. The van der Waals surface area contributed by atoms with E-state index in [1.165, 1.54) is 6.07 Å². The van der Waals surface area contributed by atoms with E-state index in [1.807, 2.05) is 6.92 Å². The highest BCUT2D eigenvalue weighted by molar-refractivity contribution is 7.91. The van der Waals surface area contributed by atoms with Gasteiger partial charge in [-0.05, 0) is 44.5 Å². The fourth-order valence-corrected chi connectivity index (χ4v) is 2.29. The number of anilines is 1. The zero-order chi connectivity index (χ0) is 14.6. The summed E-state index contributed by atoms with van der Waals surface area (Å²) in [5, 5.41) is -0.471. The summed E-state index contributed by atoms with van der Waals surface area (Å²) in [7, 11) is -3.19. The number of esters is 1. The maximum absolute atomic E-state index is 11.7. The van der Waals surface area contributed by atoms with E-state index in [1.54, 1.807) is 26.0 Å². The first kappa shape index (κ1) is 15.5. The lowest BCUT2D eigenvalue weighted by atomic mass is 10.1. The molecule has 106 valence electrons. The largest absolute Gasteiger partial charge is 0.461 e. The lowest BCUT2D eigenvalue weighted by Gasteiger charge is -2.09. The molecule has 1 aromatic carbocycles. The van der Waals surface area contributed by atoms with Gasteiger partial charge >= 0.3 is 5.97 Å². The molecule has 1 aromatic rings. The number of carbonyl (C=O) groups is 1. The molecule has 0 fully saturated rings. The molecule has 6 heteroatoms. The van der Waals surface area contributed by atoms with E-state index in [2.05, 4.69) is 0 Å². The van der Waals surface area contributed by atoms with Crippen LogP contribution in [-0.4, -0.2) is 32.0 Å². The van der Waals surface area contributed by atoms with Gasteiger partial charge in [0.15, 0.2) is 9.84 Å². The van der Waals surface area contributed by atoms with Gasteiger partial charge < -0.3 is 10.5 Å². The topological polar surface area (TPSA) is 86.5 Å². The SMILES string of the molecule is Cc1cc(N)cc(C(=O)OCCS(=O)(=O)C(C)C)c1. The lowest BCUT2D eigenvalue weighted by Crippen LogP contribution is -2.22. The second kappa shape index (κ2) is 6.06. The molecule has 0 saturated heterocycles. The Hall–Kier alpha value is -1.56. The van der Waals surface area contributed by atoms with E-state index in [4.69, 9.17) is 10.5 Å². The highest BCUT2D eigenvalue weighted by atomic mass is 32.2. The van der Waals surface area contributed by atoms with Crippen molar-refractivity contribution in [3.8, 4) is 0 Å². The molecule has 0 aromatic heterocycles. The van der Waals surface area contributed by atoms with Crippen molar-refractivity contribution < 1.29 is 17.9 Å². The van der Waals surface area contributed by atoms with Gasteiger partial charge in [-0.25, -0.2) is 13.2 Å². The normalized spacial score (nSPS) is 11.6. The molecule has 0 heterocycles. The van der Waals surface area contributed by atoms with Crippen LogP contribution in [0.2, 0.25) is 0 Å². The van der Waals surface area contributed by atoms with Crippen molar-refractivity contribution in [2.75, 3.05) is 18.1 Å². The van der Waals surface area contributed by atoms with Crippen molar-refractivity contribution in [3.05, 3.63) is 29.3 Å². The Labute approximate surface area is 113 Å². The van der Waals surface area contributed by atoms with E-state index in [9.17, 15) is 13.2 Å². The third-order valence-electron chi connectivity index (χ3n) is 2.65. The number of nitrogen functional groups attached to an aromatic ring is 1. The molecule has 0 atom stereocenters. The van der Waals surface area contributed by atoms with Crippen LogP contribution in [0.25, 0.3) is 0 Å². The van der Waals surface area contributed by atoms with Gasteiger partial charge in [0, 0.05) is 5.69 Å². The molecule has 0 aliphatic carbocycles. The molecular weight excluding hydrogens is 266 g/mol. The van der Waals surface area contributed by atoms with Gasteiger partial charge in [0.05, 0.1) is 16.6 Å². The summed E-state index contributed by atoms with van der Waals surface area (Å²) >= 11 is 0. The van der Waals surface area contributed by atoms with Gasteiger partial charge in [-0.2, -0.15) is 0 Å². The van der Waals surface area contributed by atoms with Gasteiger partial charge in [-0.3, -0.25) is 0 Å². The van der Waals surface area contributed by atoms with Gasteiger partial charge in [0.1, 0.15) is 6.61 Å². The summed E-state index contributed by atoms with van der Waals surface area (Å²) in [6, 6.07) is 4.89. The monoisotopic (exact) mass is 285 g/mol. The second-order valence-electron chi connectivity index (χ2n) is 4.68. The molecule has 0 unspecified atom stereocenters.